The minimum absolute atomic E-state index is 0.0459. The highest BCUT2D eigenvalue weighted by Crippen LogP contribution is 2.31. The second-order valence-electron chi connectivity index (χ2n) is 5.73. The second-order valence-corrected chi connectivity index (χ2v) is 5.73. The van der Waals surface area contributed by atoms with Crippen molar-refractivity contribution in [2.45, 2.75) is 13.5 Å². The smallest absolute Gasteiger partial charge is 0.217 e. The molecule has 0 aliphatic heterocycles. The number of benzene rings is 2. The Kier molecular flexibility index (Phi) is 3.78. The third-order valence-corrected chi connectivity index (χ3v) is 3.92. The van der Waals surface area contributed by atoms with E-state index in [1.807, 2.05) is 48.5 Å². The van der Waals surface area contributed by atoms with Gasteiger partial charge in [0, 0.05) is 24.5 Å². The lowest BCUT2D eigenvalue weighted by Gasteiger charge is -2.07. The molecule has 0 bridgehead atoms. The predicted molar refractivity (Wildman–Crippen MR) is 96.6 cm³/mol. The third-order valence-electron chi connectivity index (χ3n) is 3.92. The van der Waals surface area contributed by atoms with Crippen molar-refractivity contribution in [3.05, 3.63) is 60.4 Å². The molecule has 0 spiro atoms. The first-order chi connectivity index (χ1) is 12.2. The molecule has 4 aromatic rings. The fraction of sp³-hybridized carbons (Fsp3) is 0.105. The highest BCUT2D eigenvalue weighted by atomic mass is 16.3. The molecule has 2 heterocycles. The monoisotopic (exact) mass is 332 g/mol. The highest BCUT2D eigenvalue weighted by Gasteiger charge is 2.12. The highest BCUT2D eigenvalue weighted by molar-refractivity contribution is 6.05. The number of para-hydroxylation sites is 1. The number of furan rings is 1. The van der Waals surface area contributed by atoms with Gasteiger partial charge in [-0.1, -0.05) is 24.3 Å². The van der Waals surface area contributed by atoms with E-state index < -0.39 is 0 Å². The van der Waals surface area contributed by atoms with Crippen LogP contribution in [0.4, 0.5) is 11.5 Å². The summed E-state index contributed by atoms with van der Waals surface area (Å²) in [5.74, 6) is 0.575. The van der Waals surface area contributed by atoms with E-state index in [1.165, 1.54) is 13.3 Å². The standard InChI is InChI=1S/C19H16N4O2/c1-12(24)20-10-13-6-8-14(9-7-13)23-19-18-17(21-11-22-19)15-4-2-3-5-16(15)25-18/h2-9,11H,10H2,1H3,(H,20,24)(H,21,22,23). The summed E-state index contributed by atoms with van der Waals surface area (Å²) >= 11 is 0. The van der Waals surface area contributed by atoms with Gasteiger partial charge in [-0.05, 0) is 29.8 Å². The number of aromatic nitrogens is 2. The van der Waals surface area contributed by atoms with Crippen LogP contribution in [-0.2, 0) is 11.3 Å². The zero-order valence-electron chi connectivity index (χ0n) is 13.6. The summed E-state index contributed by atoms with van der Waals surface area (Å²) in [5, 5.41) is 7.01. The number of carbonyl (C=O) groups is 1. The summed E-state index contributed by atoms with van der Waals surface area (Å²) in [7, 11) is 0. The molecule has 2 aromatic carbocycles. The van der Waals surface area contributed by atoms with Crippen molar-refractivity contribution in [2.24, 2.45) is 0 Å². The van der Waals surface area contributed by atoms with Gasteiger partial charge in [0.15, 0.2) is 11.4 Å². The van der Waals surface area contributed by atoms with Crippen molar-refractivity contribution >= 4 is 39.5 Å². The summed E-state index contributed by atoms with van der Waals surface area (Å²) in [6.07, 6.45) is 1.53. The summed E-state index contributed by atoms with van der Waals surface area (Å²) in [5.41, 5.74) is 4.11. The average molecular weight is 332 g/mol. The molecule has 2 N–H and O–H groups in total. The van der Waals surface area contributed by atoms with E-state index >= 15 is 0 Å². The molecular formula is C19H16N4O2. The summed E-state index contributed by atoms with van der Waals surface area (Å²) in [6, 6.07) is 15.6. The predicted octanol–water partition coefficient (Wildman–Crippen LogP) is 3.76. The van der Waals surface area contributed by atoms with Crippen LogP contribution in [0, 0.1) is 0 Å². The van der Waals surface area contributed by atoms with Gasteiger partial charge < -0.3 is 15.1 Å². The zero-order chi connectivity index (χ0) is 17.2. The summed E-state index contributed by atoms with van der Waals surface area (Å²) in [4.78, 5) is 19.6. The van der Waals surface area contributed by atoms with Crippen LogP contribution >= 0.6 is 0 Å². The number of hydrogen-bond donors (Lipinski definition) is 2. The Morgan fingerprint density at radius 2 is 1.88 bits per heavy atom. The molecule has 6 heteroatoms. The Balaban J connectivity index is 1.63. The maximum atomic E-state index is 11.0. The molecule has 1 amide bonds. The van der Waals surface area contributed by atoms with E-state index in [2.05, 4.69) is 20.6 Å². The van der Waals surface area contributed by atoms with Crippen molar-refractivity contribution in [3.8, 4) is 0 Å². The van der Waals surface area contributed by atoms with E-state index in [1.54, 1.807) is 0 Å². The number of fused-ring (bicyclic) bond motifs is 3. The lowest BCUT2D eigenvalue weighted by molar-refractivity contribution is -0.119. The molecule has 0 aliphatic rings. The molecule has 0 unspecified atom stereocenters. The van der Waals surface area contributed by atoms with E-state index in [4.69, 9.17) is 4.42 Å². The quantitative estimate of drug-likeness (QED) is 0.595. The Morgan fingerprint density at radius 3 is 2.68 bits per heavy atom. The van der Waals surface area contributed by atoms with Crippen LogP contribution in [0.5, 0.6) is 0 Å². The number of amides is 1. The van der Waals surface area contributed by atoms with Gasteiger partial charge in [0.2, 0.25) is 5.91 Å². The van der Waals surface area contributed by atoms with Crippen LogP contribution < -0.4 is 10.6 Å². The Labute approximate surface area is 143 Å². The number of rotatable bonds is 4. The molecule has 124 valence electrons. The lowest BCUT2D eigenvalue weighted by atomic mass is 10.2. The fourth-order valence-electron chi connectivity index (χ4n) is 2.68. The van der Waals surface area contributed by atoms with Gasteiger partial charge in [0.1, 0.15) is 17.4 Å². The first-order valence-electron chi connectivity index (χ1n) is 7.93. The van der Waals surface area contributed by atoms with E-state index in [0.29, 0.717) is 17.9 Å². The van der Waals surface area contributed by atoms with Crippen LogP contribution in [0.15, 0.2) is 59.3 Å². The van der Waals surface area contributed by atoms with Gasteiger partial charge >= 0.3 is 0 Å². The number of hydrogen-bond acceptors (Lipinski definition) is 5. The average Bonchev–Trinajstić information content (AvgIpc) is 3.01. The molecule has 0 saturated carbocycles. The maximum Gasteiger partial charge on any atom is 0.217 e. The SMILES string of the molecule is CC(=O)NCc1ccc(Nc2ncnc3c2oc2ccccc23)cc1. The van der Waals surface area contributed by atoms with Crippen molar-refractivity contribution in [3.63, 3.8) is 0 Å². The molecule has 0 radical (unpaired) electrons. The molecule has 2 aromatic heterocycles. The number of anilines is 2. The second kappa shape index (κ2) is 6.24. The molecule has 6 nitrogen and oxygen atoms in total. The van der Waals surface area contributed by atoms with E-state index in [9.17, 15) is 4.79 Å². The van der Waals surface area contributed by atoms with Crippen LogP contribution in [0.25, 0.3) is 22.1 Å². The van der Waals surface area contributed by atoms with Crippen molar-refractivity contribution in [1.82, 2.24) is 15.3 Å². The number of nitrogens with one attached hydrogen (secondary N) is 2. The van der Waals surface area contributed by atoms with Crippen LogP contribution in [0.2, 0.25) is 0 Å². The minimum Gasteiger partial charge on any atom is -0.450 e. The van der Waals surface area contributed by atoms with Crippen LogP contribution in [0.1, 0.15) is 12.5 Å². The van der Waals surface area contributed by atoms with E-state index in [0.717, 1.165) is 27.7 Å². The van der Waals surface area contributed by atoms with Gasteiger partial charge in [0.25, 0.3) is 0 Å². The summed E-state index contributed by atoms with van der Waals surface area (Å²) < 4.78 is 5.91. The summed E-state index contributed by atoms with van der Waals surface area (Å²) in [6.45, 7) is 2.01. The molecule has 0 fully saturated rings. The molecule has 0 saturated heterocycles. The molecule has 4 rings (SSSR count). The Hall–Kier alpha value is -3.41. The van der Waals surface area contributed by atoms with Crippen LogP contribution in [-0.4, -0.2) is 15.9 Å². The first-order valence-corrected chi connectivity index (χ1v) is 7.93. The zero-order valence-corrected chi connectivity index (χ0v) is 13.6. The Bertz CT molecular complexity index is 1050. The van der Waals surface area contributed by atoms with Gasteiger partial charge in [-0.15, -0.1) is 0 Å². The molecule has 25 heavy (non-hydrogen) atoms. The normalized spacial score (nSPS) is 10.9. The number of carbonyl (C=O) groups excluding carboxylic acids is 1. The Morgan fingerprint density at radius 1 is 1.08 bits per heavy atom. The molecule has 0 aliphatic carbocycles. The maximum absolute atomic E-state index is 11.0. The van der Waals surface area contributed by atoms with Gasteiger partial charge in [0.05, 0.1) is 0 Å². The molecular weight excluding hydrogens is 316 g/mol. The minimum atomic E-state index is -0.0459. The number of nitrogens with zero attached hydrogens (tertiary/aromatic N) is 2. The third kappa shape index (κ3) is 3.01. The van der Waals surface area contributed by atoms with E-state index in [-0.39, 0.29) is 5.91 Å². The molecule has 0 atom stereocenters. The van der Waals surface area contributed by atoms with Gasteiger partial charge in [-0.3, -0.25) is 4.79 Å². The van der Waals surface area contributed by atoms with Crippen molar-refractivity contribution in [1.29, 1.82) is 0 Å². The lowest BCUT2D eigenvalue weighted by Crippen LogP contribution is -2.18. The van der Waals surface area contributed by atoms with Gasteiger partial charge in [-0.25, -0.2) is 9.97 Å². The van der Waals surface area contributed by atoms with Gasteiger partial charge in [-0.2, -0.15) is 0 Å². The fourth-order valence-corrected chi connectivity index (χ4v) is 2.68. The van der Waals surface area contributed by atoms with Crippen LogP contribution in [0.3, 0.4) is 0 Å². The topological polar surface area (TPSA) is 80.0 Å². The van der Waals surface area contributed by atoms with Crippen molar-refractivity contribution < 1.29 is 9.21 Å². The van der Waals surface area contributed by atoms with Crippen molar-refractivity contribution in [2.75, 3.05) is 5.32 Å². The first kappa shape index (κ1) is 15.1. The largest absolute Gasteiger partial charge is 0.450 e.